The lowest BCUT2D eigenvalue weighted by molar-refractivity contribution is -0.121. The molecule has 2 aromatic rings. The highest BCUT2D eigenvalue weighted by atomic mass is 35.5. The molecule has 0 unspecified atom stereocenters. The maximum absolute atomic E-state index is 11.8. The molecule has 0 aliphatic heterocycles. The third-order valence-corrected chi connectivity index (χ3v) is 4.53. The average Bonchev–Trinajstić information content (AvgIpc) is 3.05. The van der Waals surface area contributed by atoms with Gasteiger partial charge in [0, 0.05) is 11.3 Å². The van der Waals surface area contributed by atoms with Gasteiger partial charge in [-0.25, -0.2) is 0 Å². The molecule has 0 aromatic carbocycles. The van der Waals surface area contributed by atoms with Crippen LogP contribution in [0.2, 0.25) is 4.34 Å². The van der Waals surface area contributed by atoms with Crippen LogP contribution in [0.4, 0.5) is 0 Å². The Morgan fingerprint density at radius 2 is 2.32 bits per heavy atom. The van der Waals surface area contributed by atoms with Crippen molar-refractivity contribution in [3.63, 3.8) is 0 Å². The summed E-state index contributed by atoms with van der Waals surface area (Å²) in [7, 11) is 0. The summed E-state index contributed by atoms with van der Waals surface area (Å²) < 4.78 is 0.726. The molecule has 2 heterocycles. The second kappa shape index (κ2) is 6.71. The van der Waals surface area contributed by atoms with Crippen LogP contribution in [0, 0.1) is 11.3 Å². The van der Waals surface area contributed by atoms with E-state index in [0.717, 1.165) is 14.8 Å². The van der Waals surface area contributed by atoms with Crippen molar-refractivity contribution in [1.29, 1.82) is 5.26 Å². The van der Waals surface area contributed by atoms with Crippen LogP contribution in [0.5, 0.6) is 0 Å². The first-order valence-electron chi connectivity index (χ1n) is 5.64. The number of carbonyl (C=O) groups is 1. The highest BCUT2D eigenvalue weighted by Gasteiger charge is 2.14. The van der Waals surface area contributed by atoms with Gasteiger partial charge < -0.3 is 5.32 Å². The molecule has 6 heteroatoms. The van der Waals surface area contributed by atoms with Crippen molar-refractivity contribution < 1.29 is 4.79 Å². The van der Waals surface area contributed by atoms with Crippen molar-refractivity contribution in [3.05, 3.63) is 43.7 Å². The zero-order valence-electron chi connectivity index (χ0n) is 9.93. The standard InChI is InChI=1S/C13H11ClN2OS2/c14-12-3-1-10(19-12)2-4-13(17)16-11(7-15)9-5-6-18-8-9/h1,3,5-6,8,11H,2,4H2,(H,16,17)/t11-/m1/s1. The molecule has 19 heavy (non-hydrogen) atoms. The van der Waals surface area contributed by atoms with Gasteiger partial charge in [-0.05, 0) is 40.9 Å². The van der Waals surface area contributed by atoms with Crippen molar-refractivity contribution in [2.45, 2.75) is 18.9 Å². The van der Waals surface area contributed by atoms with E-state index < -0.39 is 6.04 Å². The zero-order valence-corrected chi connectivity index (χ0v) is 12.3. The average molecular weight is 311 g/mol. The van der Waals surface area contributed by atoms with E-state index in [1.807, 2.05) is 29.0 Å². The third kappa shape index (κ3) is 4.06. The first kappa shape index (κ1) is 14.1. The van der Waals surface area contributed by atoms with E-state index in [0.29, 0.717) is 12.8 Å². The van der Waals surface area contributed by atoms with Crippen LogP contribution in [0.1, 0.15) is 22.9 Å². The number of aryl methyl sites for hydroxylation is 1. The van der Waals surface area contributed by atoms with Gasteiger partial charge in [0.05, 0.1) is 10.4 Å². The van der Waals surface area contributed by atoms with Gasteiger partial charge in [-0.2, -0.15) is 16.6 Å². The molecule has 0 saturated heterocycles. The van der Waals surface area contributed by atoms with E-state index in [4.69, 9.17) is 16.9 Å². The first-order valence-corrected chi connectivity index (χ1v) is 7.78. The van der Waals surface area contributed by atoms with Gasteiger partial charge in [-0.3, -0.25) is 4.79 Å². The van der Waals surface area contributed by atoms with Crippen LogP contribution in [0.25, 0.3) is 0 Å². The van der Waals surface area contributed by atoms with Gasteiger partial charge in [0.25, 0.3) is 0 Å². The van der Waals surface area contributed by atoms with E-state index in [1.54, 1.807) is 0 Å². The minimum Gasteiger partial charge on any atom is -0.337 e. The molecule has 0 radical (unpaired) electrons. The van der Waals surface area contributed by atoms with Gasteiger partial charge in [-0.1, -0.05) is 11.6 Å². The minimum atomic E-state index is -0.564. The monoisotopic (exact) mass is 310 g/mol. The Morgan fingerprint density at radius 3 is 2.89 bits per heavy atom. The fourth-order valence-electron chi connectivity index (χ4n) is 1.59. The van der Waals surface area contributed by atoms with E-state index in [2.05, 4.69) is 11.4 Å². The quantitative estimate of drug-likeness (QED) is 0.913. The second-order valence-corrected chi connectivity index (χ2v) is 6.47. The third-order valence-electron chi connectivity index (χ3n) is 2.54. The number of halogens is 1. The lowest BCUT2D eigenvalue weighted by atomic mass is 10.1. The summed E-state index contributed by atoms with van der Waals surface area (Å²) in [5.41, 5.74) is 0.833. The molecule has 2 aromatic heterocycles. The molecule has 0 aliphatic carbocycles. The summed E-state index contributed by atoms with van der Waals surface area (Å²) >= 11 is 8.81. The number of hydrogen-bond donors (Lipinski definition) is 1. The molecule has 2 rings (SSSR count). The second-order valence-electron chi connectivity index (χ2n) is 3.89. The highest BCUT2D eigenvalue weighted by molar-refractivity contribution is 7.16. The van der Waals surface area contributed by atoms with E-state index in [-0.39, 0.29) is 5.91 Å². The normalized spacial score (nSPS) is 11.8. The maximum Gasteiger partial charge on any atom is 0.221 e. The lowest BCUT2D eigenvalue weighted by Gasteiger charge is -2.09. The Morgan fingerprint density at radius 1 is 1.47 bits per heavy atom. The molecule has 3 nitrogen and oxygen atoms in total. The topological polar surface area (TPSA) is 52.9 Å². The number of carbonyl (C=O) groups excluding carboxylic acids is 1. The highest BCUT2D eigenvalue weighted by Crippen LogP contribution is 2.22. The van der Waals surface area contributed by atoms with Gasteiger partial charge in [0.1, 0.15) is 6.04 Å². The predicted octanol–water partition coefficient (Wildman–Crippen LogP) is 3.78. The summed E-state index contributed by atoms with van der Waals surface area (Å²) in [5.74, 6) is -0.123. The molecule has 1 atom stereocenters. The fraction of sp³-hybridized carbons (Fsp3) is 0.231. The fourth-order valence-corrected chi connectivity index (χ4v) is 3.36. The number of thiophene rings is 2. The molecular weight excluding hydrogens is 300 g/mol. The Labute approximate surface area is 124 Å². The van der Waals surface area contributed by atoms with Crippen LogP contribution in [0.3, 0.4) is 0 Å². The molecule has 0 fully saturated rings. The van der Waals surface area contributed by atoms with Crippen molar-refractivity contribution in [1.82, 2.24) is 5.32 Å². The van der Waals surface area contributed by atoms with E-state index >= 15 is 0 Å². The van der Waals surface area contributed by atoms with Gasteiger partial charge >= 0.3 is 0 Å². The lowest BCUT2D eigenvalue weighted by Crippen LogP contribution is -2.27. The van der Waals surface area contributed by atoms with Crippen molar-refractivity contribution in [2.75, 3.05) is 0 Å². The van der Waals surface area contributed by atoms with Crippen LogP contribution in [0.15, 0.2) is 29.0 Å². The smallest absolute Gasteiger partial charge is 0.221 e. The molecule has 0 aliphatic rings. The van der Waals surface area contributed by atoms with Gasteiger partial charge in [0.2, 0.25) is 5.91 Å². The van der Waals surface area contributed by atoms with Crippen LogP contribution in [-0.4, -0.2) is 5.91 Å². The van der Waals surface area contributed by atoms with Gasteiger partial charge in [0.15, 0.2) is 0 Å². The molecule has 0 spiro atoms. The number of nitriles is 1. The van der Waals surface area contributed by atoms with Gasteiger partial charge in [-0.15, -0.1) is 11.3 Å². The van der Waals surface area contributed by atoms with Crippen molar-refractivity contribution in [2.24, 2.45) is 0 Å². The van der Waals surface area contributed by atoms with Crippen molar-refractivity contribution in [3.8, 4) is 6.07 Å². The summed E-state index contributed by atoms with van der Waals surface area (Å²) in [5, 5.41) is 15.5. The number of amides is 1. The number of rotatable bonds is 5. The summed E-state index contributed by atoms with van der Waals surface area (Å²) in [6.45, 7) is 0. The molecule has 0 bridgehead atoms. The number of hydrogen-bond acceptors (Lipinski definition) is 4. The van der Waals surface area contributed by atoms with Crippen LogP contribution < -0.4 is 5.32 Å². The Hall–Kier alpha value is -1.35. The largest absolute Gasteiger partial charge is 0.337 e. The zero-order chi connectivity index (χ0) is 13.7. The molecule has 1 amide bonds. The maximum atomic E-state index is 11.8. The molecule has 98 valence electrons. The van der Waals surface area contributed by atoms with Crippen LogP contribution in [-0.2, 0) is 11.2 Å². The summed E-state index contributed by atoms with van der Waals surface area (Å²) in [6, 6.07) is 7.11. The minimum absolute atomic E-state index is 0.123. The predicted molar refractivity (Wildman–Crippen MR) is 78.5 cm³/mol. The number of nitrogens with zero attached hydrogens (tertiary/aromatic N) is 1. The Kier molecular flexibility index (Phi) is 4.97. The van der Waals surface area contributed by atoms with E-state index in [9.17, 15) is 4.79 Å². The van der Waals surface area contributed by atoms with E-state index in [1.165, 1.54) is 22.7 Å². The summed E-state index contributed by atoms with van der Waals surface area (Å²) in [4.78, 5) is 12.9. The first-order chi connectivity index (χ1) is 9.19. The molecular formula is C13H11ClN2OS2. The molecule has 1 N–H and O–H groups in total. The Balaban J connectivity index is 1.85. The number of nitrogens with one attached hydrogen (secondary N) is 1. The summed E-state index contributed by atoms with van der Waals surface area (Å²) in [6.07, 6.45) is 1.00. The van der Waals surface area contributed by atoms with Crippen LogP contribution >= 0.6 is 34.3 Å². The van der Waals surface area contributed by atoms with Crippen molar-refractivity contribution >= 4 is 40.2 Å². The molecule has 0 saturated carbocycles. The SMILES string of the molecule is N#C[C@@H](NC(=O)CCc1ccc(Cl)s1)c1ccsc1. The Bertz CT molecular complexity index is 586.